The minimum absolute atomic E-state index is 0.511. The van der Waals surface area contributed by atoms with Crippen LogP contribution < -0.4 is 10.1 Å². The molecule has 0 aliphatic carbocycles. The van der Waals surface area contributed by atoms with Crippen LogP contribution in [0, 0.1) is 0 Å². The van der Waals surface area contributed by atoms with Crippen LogP contribution in [0.2, 0.25) is 0 Å². The lowest BCUT2D eigenvalue weighted by Crippen LogP contribution is -2.17. The molecule has 0 fully saturated rings. The Morgan fingerprint density at radius 3 is 2.70 bits per heavy atom. The molecule has 2 heterocycles. The van der Waals surface area contributed by atoms with E-state index in [-0.39, 0.29) is 0 Å². The van der Waals surface area contributed by atoms with Gasteiger partial charge in [-0.25, -0.2) is 0 Å². The van der Waals surface area contributed by atoms with E-state index >= 15 is 0 Å². The van der Waals surface area contributed by atoms with Crippen molar-refractivity contribution in [2.75, 3.05) is 13.2 Å². The number of hydrogen-bond donors (Lipinski definition) is 1. The predicted octanol–water partition coefficient (Wildman–Crippen LogP) is 6.13. The summed E-state index contributed by atoms with van der Waals surface area (Å²) in [4.78, 5) is 0. The number of benzene rings is 2. The fourth-order valence-corrected chi connectivity index (χ4v) is 3.84. The Morgan fingerprint density at radius 1 is 1.07 bits per heavy atom. The number of nitrogens with zero attached hydrogens (tertiary/aromatic N) is 1. The van der Waals surface area contributed by atoms with E-state index in [0.717, 1.165) is 51.4 Å². The molecule has 1 N–H and O–H groups in total. The third-order valence-corrected chi connectivity index (χ3v) is 5.47. The highest BCUT2D eigenvalue weighted by Crippen LogP contribution is 2.33. The Kier molecular flexibility index (Phi) is 6.06. The standard InChI is InChI=1S/C22H19F3N2O2S/c23-22(24,25)17-7-5-15(6-8-17)14-26-10-2-11-28-18-4-1-3-16(13-18)20-21-19(29-27-20)9-12-30-21/h1,3-9,12-13,26H,2,10-11,14H2. The number of hydrogen-bond acceptors (Lipinski definition) is 5. The van der Waals surface area contributed by atoms with Gasteiger partial charge in [-0.3, -0.25) is 0 Å². The Balaban J connectivity index is 1.22. The van der Waals surface area contributed by atoms with E-state index < -0.39 is 11.7 Å². The molecule has 0 bridgehead atoms. The maximum atomic E-state index is 12.6. The van der Waals surface area contributed by atoms with Crippen LogP contribution in [-0.2, 0) is 12.7 Å². The van der Waals surface area contributed by atoms with Gasteiger partial charge in [0.2, 0.25) is 0 Å². The maximum absolute atomic E-state index is 12.6. The van der Waals surface area contributed by atoms with Crippen LogP contribution in [0.4, 0.5) is 13.2 Å². The molecule has 4 rings (SSSR count). The first kappa shape index (κ1) is 20.4. The van der Waals surface area contributed by atoms with Gasteiger partial charge in [-0.1, -0.05) is 29.4 Å². The third-order valence-electron chi connectivity index (χ3n) is 4.56. The first-order chi connectivity index (χ1) is 14.5. The Labute approximate surface area is 175 Å². The predicted molar refractivity (Wildman–Crippen MR) is 111 cm³/mol. The van der Waals surface area contributed by atoms with Gasteiger partial charge in [0, 0.05) is 12.1 Å². The highest BCUT2D eigenvalue weighted by atomic mass is 32.1. The summed E-state index contributed by atoms with van der Waals surface area (Å²) in [6.45, 7) is 1.73. The Morgan fingerprint density at radius 2 is 1.90 bits per heavy atom. The molecule has 30 heavy (non-hydrogen) atoms. The molecule has 0 atom stereocenters. The molecule has 0 spiro atoms. The SMILES string of the molecule is FC(F)(F)c1ccc(CNCCCOc2cccc(-c3noc4ccsc34)c2)cc1. The average Bonchev–Trinajstić information content (AvgIpc) is 3.34. The second-order valence-corrected chi connectivity index (χ2v) is 7.66. The van der Waals surface area contributed by atoms with Crippen molar-refractivity contribution < 1.29 is 22.4 Å². The number of rotatable bonds is 8. The molecule has 0 unspecified atom stereocenters. The van der Waals surface area contributed by atoms with Gasteiger partial charge in [-0.2, -0.15) is 13.2 Å². The molecule has 0 aliphatic rings. The van der Waals surface area contributed by atoms with E-state index in [1.54, 1.807) is 11.3 Å². The largest absolute Gasteiger partial charge is 0.494 e. The molecule has 2 aromatic carbocycles. The summed E-state index contributed by atoms with van der Waals surface area (Å²) in [5.41, 5.74) is 2.70. The molecular formula is C22H19F3N2O2S. The van der Waals surface area contributed by atoms with E-state index in [4.69, 9.17) is 9.26 Å². The van der Waals surface area contributed by atoms with Gasteiger partial charge in [0.15, 0.2) is 5.58 Å². The summed E-state index contributed by atoms with van der Waals surface area (Å²) in [7, 11) is 0. The zero-order chi connectivity index (χ0) is 21.0. The monoisotopic (exact) mass is 432 g/mol. The van der Waals surface area contributed by atoms with Crippen LogP contribution in [0.1, 0.15) is 17.5 Å². The highest BCUT2D eigenvalue weighted by Gasteiger charge is 2.29. The highest BCUT2D eigenvalue weighted by molar-refractivity contribution is 7.17. The number of alkyl halides is 3. The Hall–Kier alpha value is -2.84. The summed E-state index contributed by atoms with van der Waals surface area (Å²) >= 11 is 1.59. The second kappa shape index (κ2) is 8.89. The van der Waals surface area contributed by atoms with Gasteiger partial charge in [0.25, 0.3) is 0 Å². The summed E-state index contributed by atoms with van der Waals surface area (Å²) in [5, 5.41) is 9.33. The van der Waals surface area contributed by atoms with E-state index in [1.165, 1.54) is 12.1 Å². The number of thiophene rings is 1. The molecule has 0 saturated carbocycles. The van der Waals surface area contributed by atoms with Gasteiger partial charge in [0.05, 0.1) is 12.2 Å². The minimum atomic E-state index is -4.30. The molecule has 156 valence electrons. The van der Waals surface area contributed by atoms with Crippen LogP contribution in [0.15, 0.2) is 64.5 Å². The molecule has 0 amide bonds. The first-order valence-electron chi connectivity index (χ1n) is 9.44. The first-order valence-corrected chi connectivity index (χ1v) is 10.3. The normalized spacial score (nSPS) is 11.8. The molecule has 4 nitrogen and oxygen atoms in total. The molecule has 2 aromatic heterocycles. The molecule has 0 radical (unpaired) electrons. The maximum Gasteiger partial charge on any atom is 0.416 e. The molecule has 8 heteroatoms. The number of fused-ring (bicyclic) bond motifs is 1. The fourth-order valence-electron chi connectivity index (χ4n) is 3.03. The lowest BCUT2D eigenvalue weighted by molar-refractivity contribution is -0.137. The van der Waals surface area contributed by atoms with E-state index in [9.17, 15) is 13.2 Å². The second-order valence-electron chi connectivity index (χ2n) is 6.75. The van der Waals surface area contributed by atoms with Crippen molar-refractivity contribution in [2.24, 2.45) is 0 Å². The lowest BCUT2D eigenvalue weighted by atomic mass is 10.1. The van der Waals surface area contributed by atoms with Gasteiger partial charge >= 0.3 is 6.18 Å². The zero-order valence-corrected chi connectivity index (χ0v) is 16.7. The fraction of sp³-hybridized carbons (Fsp3) is 0.227. The number of ether oxygens (including phenoxy) is 1. The number of halogens is 3. The van der Waals surface area contributed by atoms with E-state index in [2.05, 4.69) is 10.5 Å². The van der Waals surface area contributed by atoms with Gasteiger partial charge < -0.3 is 14.6 Å². The van der Waals surface area contributed by atoms with Crippen LogP contribution in [-0.4, -0.2) is 18.3 Å². The van der Waals surface area contributed by atoms with Gasteiger partial charge in [-0.05, 0) is 54.2 Å². The van der Waals surface area contributed by atoms with Crippen molar-refractivity contribution in [3.8, 4) is 17.0 Å². The lowest BCUT2D eigenvalue weighted by Gasteiger charge is -2.09. The molecular weight excluding hydrogens is 413 g/mol. The summed E-state index contributed by atoms with van der Waals surface area (Å²) < 4.78 is 49.9. The van der Waals surface area contributed by atoms with Crippen molar-refractivity contribution in [1.82, 2.24) is 10.5 Å². The quantitative estimate of drug-likeness (QED) is 0.340. The van der Waals surface area contributed by atoms with E-state index in [1.807, 2.05) is 35.7 Å². The van der Waals surface area contributed by atoms with Crippen molar-refractivity contribution in [3.05, 3.63) is 71.1 Å². The summed E-state index contributed by atoms with van der Waals surface area (Å²) in [6.07, 6.45) is -3.53. The van der Waals surface area contributed by atoms with E-state index in [0.29, 0.717) is 19.7 Å². The molecule has 0 saturated heterocycles. The van der Waals surface area contributed by atoms with Gasteiger partial charge in [0.1, 0.15) is 16.1 Å². The smallest absolute Gasteiger partial charge is 0.416 e. The molecule has 0 aliphatic heterocycles. The molecule has 4 aromatic rings. The topological polar surface area (TPSA) is 47.3 Å². The van der Waals surface area contributed by atoms with Crippen LogP contribution in [0.5, 0.6) is 5.75 Å². The van der Waals surface area contributed by atoms with Crippen LogP contribution >= 0.6 is 11.3 Å². The van der Waals surface area contributed by atoms with Crippen molar-refractivity contribution in [1.29, 1.82) is 0 Å². The summed E-state index contributed by atoms with van der Waals surface area (Å²) in [5.74, 6) is 0.753. The van der Waals surface area contributed by atoms with Crippen molar-refractivity contribution in [3.63, 3.8) is 0 Å². The van der Waals surface area contributed by atoms with Crippen LogP contribution in [0.25, 0.3) is 21.5 Å². The number of nitrogens with one attached hydrogen (secondary N) is 1. The zero-order valence-electron chi connectivity index (χ0n) is 15.9. The van der Waals surface area contributed by atoms with Crippen molar-refractivity contribution in [2.45, 2.75) is 19.1 Å². The number of aromatic nitrogens is 1. The third kappa shape index (κ3) is 4.83. The van der Waals surface area contributed by atoms with Crippen molar-refractivity contribution >= 4 is 21.6 Å². The minimum Gasteiger partial charge on any atom is -0.494 e. The summed E-state index contributed by atoms with van der Waals surface area (Å²) in [6, 6.07) is 14.8. The Bertz CT molecular complexity index is 1100. The van der Waals surface area contributed by atoms with Gasteiger partial charge in [-0.15, -0.1) is 11.3 Å². The average molecular weight is 432 g/mol. The van der Waals surface area contributed by atoms with Crippen LogP contribution in [0.3, 0.4) is 0 Å².